The highest BCUT2D eigenvalue weighted by Crippen LogP contribution is 2.32. The zero-order valence-electron chi connectivity index (χ0n) is 11.5. The number of hydrogen-bond acceptors (Lipinski definition) is 4. The van der Waals surface area contributed by atoms with E-state index in [2.05, 4.69) is 15.3 Å². The Hall–Kier alpha value is -2.33. The van der Waals surface area contributed by atoms with Gasteiger partial charge in [0.1, 0.15) is 5.75 Å². The van der Waals surface area contributed by atoms with Gasteiger partial charge in [0.15, 0.2) is 0 Å². The summed E-state index contributed by atoms with van der Waals surface area (Å²) < 4.78 is 0. The number of aromatic hydroxyl groups is 1. The van der Waals surface area contributed by atoms with E-state index < -0.39 is 0 Å². The van der Waals surface area contributed by atoms with Crippen molar-refractivity contribution in [2.75, 3.05) is 5.32 Å². The van der Waals surface area contributed by atoms with Crippen LogP contribution in [0, 0.1) is 6.92 Å². The van der Waals surface area contributed by atoms with Crippen molar-refractivity contribution in [3.8, 4) is 5.75 Å². The largest absolute Gasteiger partial charge is 0.506 e. The lowest BCUT2D eigenvalue weighted by molar-refractivity contribution is 0.472. The van der Waals surface area contributed by atoms with E-state index in [0.717, 1.165) is 27.8 Å². The Morgan fingerprint density at radius 1 is 1.24 bits per heavy atom. The minimum absolute atomic E-state index is 0.154. The van der Waals surface area contributed by atoms with Crippen LogP contribution in [0.4, 0.5) is 5.69 Å². The van der Waals surface area contributed by atoms with Crippen molar-refractivity contribution < 1.29 is 5.11 Å². The van der Waals surface area contributed by atoms with Gasteiger partial charge < -0.3 is 10.4 Å². The Morgan fingerprint density at radius 3 is 2.86 bits per heavy atom. The van der Waals surface area contributed by atoms with Gasteiger partial charge in [0.05, 0.1) is 34.7 Å². The molecule has 0 aliphatic rings. The van der Waals surface area contributed by atoms with E-state index in [9.17, 15) is 5.11 Å². The summed E-state index contributed by atoms with van der Waals surface area (Å²) in [5, 5.41) is 14.2. The number of pyridine rings is 2. The van der Waals surface area contributed by atoms with Gasteiger partial charge in [-0.3, -0.25) is 9.97 Å². The van der Waals surface area contributed by atoms with Gasteiger partial charge in [-0.15, -0.1) is 0 Å². The van der Waals surface area contributed by atoms with Crippen LogP contribution < -0.4 is 5.32 Å². The Bertz CT molecular complexity index is 787. The fourth-order valence-corrected chi connectivity index (χ4v) is 2.59. The van der Waals surface area contributed by atoms with E-state index in [-0.39, 0.29) is 5.75 Å². The number of halogens is 1. The lowest BCUT2D eigenvalue weighted by Crippen LogP contribution is -2.03. The zero-order valence-corrected chi connectivity index (χ0v) is 12.2. The third kappa shape index (κ3) is 2.76. The quantitative estimate of drug-likeness (QED) is 0.770. The van der Waals surface area contributed by atoms with E-state index in [1.165, 1.54) is 6.20 Å². The number of anilines is 1. The fourth-order valence-electron chi connectivity index (χ4n) is 2.26. The molecule has 2 N–H and O–H groups in total. The molecule has 4 nitrogen and oxygen atoms in total. The number of fused-ring (bicyclic) bond motifs is 1. The molecule has 0 bridgehead atoms. The second kappa shape index (κ2) is 5.58. The molecule has 0 fully saturated rings. The maximum atomic E-state index is 9.25. The fraction of sp³-hybridized carbons (Fsp3) is 0.125. The minimum Gasteiger partial charge on any atom is -0.506 e. The Morgan fingerprint density at radius 2 is 2.10 bits per heavy atom. The van der Waals surface area contributed by atoms with Gasteiger partial charge in [0.25, 0.3) is 0 Å². The first-order chi connectivity index (χ1) is 10.1. The SMILES string of the molecule is Cc1cc(Cl)c(NCc2ccc(O)cn2)c2cccnc12. The Labute approximate surface area is 127 Å². The van der Waals surface area contributed by atoms with Crippen LogP contribution in [0.15, 0.2) is 42.7 Å². The summed E-state index contributed by atoms with van der Waals surface area (Å²) in [6, 6.07) is 9.17. The van der Waals surface area contributed by atoms with Crippen LogP contribution in [0.1, 0.15) is 11.3 Å². The number of hydrogen-bond donors (Lipinski definition) is 2. The van der Waals surface area contributed by atoms with Crippen molar-refractivity contribution in [3.05, 3.63) is 59.0 Å². The molecule has 2 heterocycles. The molecule has 5 heteroatoms. The average Bonchev–Trinajstić information content (AvgIpc) is 2.49. The maximum absolute atomic E-state index is 9.25. The number of nitrogens with one attached hydrogen (secondary N) is 1. The highest BCUT2D eigenvalue weighted by molar-refractivity contribution is 6.35. The molecule has 0 atom stereocenters. The maximum Gasteiger partial charge on any atom is 0.133 e. The third-order valence-corrected chi connectivity index (χ3v) is 3.59. The molecule has 0 radical (unpaired) electrons. The molecule has 0 aliphatic carbocycles. The third-order valence-electron chi connectivity index (χ3n) is 3.29. The standard InChI is InChI=1S/C16H14ClN3O/c1-10-7-14(17)16(13-3-2-6-18-15(10)13)20-8-11-4-5-12(21)9-19-11/h2-7,9,20-21H,8H2,1H3. The topological polar surface area (TPSA) is 58.0 Å². The lowest BCUT2D eigenvalue weighted by atomic mass is 10.1. The number of rotatable bonds is 3. The Balaban J connectivity index is 1.95. The van der Waals surface area contributed by atoms with Crippen LogP contribution in [-0.4, -0.2) is 15.1 Å². The second-order valence-corrected chi connectivity index (χ2v) is 5.22. The number of aromatic nitrogens is 2. The summed E-state index contributed by atoms with van der Waals surface area (Å²) in [6.07, 6.45) is 3.20. The molecular formula is C16H14ClN3O. The smallest absolute Gasteiger partial charge is 0.133 e. The summed E-state index contributed by atoms with van der Waals surface area (Å²) in [5.41, 5.74) is 3.65. The molecule has 0 saturated heterocycles. The van der Waals surface area contributed by atoms with Crippen molar-refractivity contribution in [1.29, 1.82) is 0 Å². The molecule has 0 amide bonds. The lowest BCUT2D eigenvalue weighted by Gasteiger charge is -2.13. The van der Waals surface area contributed by atoms with Gasteiger partial charge >= 0.3 is 0 Å². The first-order valence-electron chi connectivity index (χ1n) is 6.57. The van der Waals surface area contributed by atoms with E-state index in [1.54, 1.807) is 18.3 Å². The average molecular weight is 300 g/mol. The predicted octanol–water partition coefficient (Wildman–Crippen LogP) is 3.91. The van der Waals surface area contributed by atoms with Crippen LogP contribution in [0.5, 0.6) is 5.75 Å². The zero-order chi connectivity index (χ0) is 14.8. The highest BCUT2D eigenvalue weighted by atomic mass is 35.5. The van der Waals surface area contributed by atoms with E-state index >= 15 is 0 Å². The molecule has 21 heavy (non-hydrogen) atoms. The van der Waals surface area contributed by atoms with Crippen molar-refractivity contribution in [2.24, 2.45) is 0 Å². The van der Waals surface area contributed by atoms with E-state index in [1.807, 2.05) is 25.1 Å². The van der Waals surface area contributed by atoms with Gasteiger partial charge in [-0.1, -0.05) is 11.6 Å². The number of aryl methyl sites for hydroxylation is 1. The van der Waals surface area contributed by atoms with Crippen molar-refractivity contribution in [3.63, 3.8) is 0 Å². The van der Waals surface area contributed by atoms with Gasteiger partial charge in [-0.2, -0.15) is 0 Å². The molecule has 0 unspecified atom stereocenters. The van der Waals surface area contributed by atoms with Gasteiger partial charge in [0, 0.05) is 11.6 Å². The first kappa shape index (κ1) is 13.6. The Kier molecular flexibility index (Phi) is 3.62. The summed E-state index contributed by atoms with van der Waals surface area (Å²) in [6.45, 7) is 2.51. The van der Waals surface area contributed by atoms with Gasteiger partial charge in [-0.05, 0) is 42.8 Å². The highest BCUT2D eigenvalue weighted by Gasteiger charge is 2.09. The molecule has 106 valence electrons. The molecule has 0 saturated carbocycles. The normalized spacial score (nSPS) is 10.8. The van der Waals surface area contributed by atoms with Crippen molar-refractivity contribution in [2.45, 2.75) is 13.5 Å². The monoisotopic (exact) mass is 299 g/mol. The van der Waals surface area contributed by atoms with Crippen LogP contribution >= 0.6 is 11.6 Å². The summed E-state index contributed by atoms with van der Waals surface area (Å²) >= 11 is 6.35. The molecule has 1 aromatic carbocycles. The molecule has 0 spiro atoms. The van der Waals surface area contributed by atoms with Gasteiger partial charge in [0.2, 0.25) is 0 Å². The summed E-state index contributed by atoms with van der Waals surface area (Å²) in [5.74, 6) is 0.154. The van der Waals surface area contributed by atoms with Crippen molar-refractivity contribution >= 4 is 28.2 Å². The van der Waals surface area contributed by atoms with E-state index in [4.69, 9.17) is 11.6 Å². The molecule has 3 rings (SSSR count). The van der Waals surface area contributed by atoms with Crippen LogP contribution in [0.3, 0.4) is 0 Å². The van der Waals surface area contributed by atoms with E-state index in [0.29, 0.717) is 11.6 Å². The van der Waals surface area contributed by atoms with Crippen LogP contribution in [0.25, 0.3) is 10.9 Å². The summed E-state index contributed by atoms with van der Waals surface area (Å²) in [7, 11) is 0. The molecule has 0 aliphatic heterocycles. The summed E-state index contributed by atoms with van der Waals surface area (Å²) in [4.78, 5) is 8.55. The van der Waals surface area contributed by atoms with Crippen LogP contribution in [0.2, 0.25) is 5.02 Å². The molecule has 2 aromatic heterocycles. The van der Waals surface area contributed by atoms with Crippen LogP contribution in [-0.2, 0) is 6.54 Å². The number of nitrogens with zero attached hydrogens (tertiary/aromatic N) is 2. The van der Waals surface area contributed by atoms with Gasteiger partial charge in [-0.25, -0.2) is 0 Å². The first-order valence-corrected chi connectivity index (χ1v) is 6.94. The minimum atomic E-state index is 0.154. The predicted molar refractivity (Wildman–Crippen MR) is 84.7 cm³/mol. The molecular weight excluding hydrogens is 286 g/mol. The second-order valence-electron chi connectivity index (χ2n) is 4.81. The number of benzene rings is 1. The molecule has 3 aromatic rings. The van der Waals surface area contributed by atoms with Crippen molar-refractivity contribution in [1.82, 2.24) is 9.97 Å².